The number of allylic oxidation sites excluding steroid dienone is 2. The zero-order chi connectivity index (χ0) is 23.9. The van der Waals surface area contributed by atoms with Crippen LogP contribution in [0.15, 0.2) is 16.7 Å². The Morgan fingerprint density at radius 1 is 1.15 bits per heavy atom. The monoisotopic (exact) mass is 473 g/mol. The molecule has 2 aliphatic heterocycles. The van der Waals surface area contributed by atoms with Crippen LogP contribution in [-0.2, 0) is 9.53 Å². The lowest BCUT2D eigenvalue weighted by atomic mass is 9.71. The fourth-order valence-electron chi connectivity index (χ4n) is 6.25. The first-order valence-corrected chi connectivity index (χ1v) is 13.2. The molecule has 1 saturated carbocycles. The zero-order valence-corrected chi connectivity index (χ0v) is 20.3. The van der Waals surface area contributed by atoms with Crippen molar-refractivity contribution in [1.29, 1.82) is 0 Å². The van der Waals surface area contributed by atoms with Crippen LogP contribution >= 0.6 is 0 Å². The number of carbonyl (C=O) groups excluding carboxylic acids is 1. The normalized spacial score (nSPS) is 27.9. The van der Waals surface area contributed by atoms with Crippen LogP contribution < -0.4 is 5.32 Å². The Hall–Kier alpha value is -2.22. The van der Waals surface area contributed by atoms with Gasteiger partial charge in [0.15, 0.2) is 0 Å². The lowest BCUT2D eigenvalue weighted by Crippen LogP contribution is -2.36. The summed E-state index contributed by atoms with van der Waals surface area (Å²) in [6, 6.07) is 0. The van der Waals surface area contributed by atoms with E-state index in [1.165, 1.54) is 38.5 Å². The molecule has 1 aromatic heterocycles. The summed E-state index contributed by atoms with van der Waals surface area (Å²) in [5.41, 5.74) is 0. The third-order valence-corrected chi connectivity index (χ3v) is 7.97. The lowest BCUT2D eigenvalue weighted by molar-refractivity contribution is -0.145. The fraction of sp³-hybridized carbons (Fsp3) is 0.769. The van der Waals surface area contributed by atoms with E-state index in [0.717, 1.165) is 31.6 Å². The summed E-state index contributed by atoms with van der Waals surface area (Å²) in [7, 11) is 0. The molecular weight excluding hydrogens is 434 g/mol. The molecule has 0 aromatic carbocycles. The van der Waals surface area contributed by atoms with Gasteiger partial charge in [-0.15, -0.1) is 0 Å². The minimum absolute atomic E-state index is 0.0181. The predicted molar refractivity (Wildman–Crippen MR) is 126 cm³/mol. The Labute approximate surface area is 201 Å². The molecule has 1 aliphatic carbocycles. The third-order valence-electron chi connectivity index (χ3n) is 7.97. The number of carboxylic acid groups (broad SMARTS) is 1. The largest absolute Gasteiger partial charge is 0.481 e. The van der Waals surface area contributed by atoms with Crippen LogP contribution in [-0.4, -0.2) is 45.9 Å². The van der Waals surface area contributed by atoms with Crippen molar-refractivity contribution in [2.24, 2.45) is 17.8 Å². The van der Waals surface area contributed by atoms with Crippen LogP contribution in [0.2, 0.25) is 0 Å². The Balaban J connectivity index is 1.32. The molecule has 0 spiro atoms. The zero-order valence-electron chi connectivity index (χ0n) is 20.3. The molecule has 2 saturated heterocycles. The van der Waals surface area contributed by atoms with Gasteiger partial charge in [-0.3, -0.25) is 9.59 Å². The molecule has 8 heteroatoms. The summed E-state index contributed by atoms with van der Waals surface area (Å²) in [5.74, 6) is -1.01. The molecule has 5 unspecified atom stereocenters. The maximum absolute atomic E-state index is 12.6. The molecule has 8 nitrogen and oxygen atoms in total. The first kappa shape index (κ1) is 24.9. The van der Waals surface area contributed by atoms with Gasteiger partial charge < -0.3 is 19.7 Å². The number of rotatable bonds is 12. The minimum atomic E-state index is -0.818. The molecule has 3 heterocycles. The third kappa shape index (κ3) is 5.88. The molecule has 3 fully saturated rings. The summed E-state index contributed by atoms with van der Waals surface area (Å²) >= 11 is 0. The van der Waals surface area contributed by atoms with Crippen molar-refractivity contribution in [2.75, 3.05) is 6.54 Å². The van der Waals surface area contributed by atoms with Gasteiger partial charge in [0, 0.05) is 12.5 Å². The van der Waals surface area contributed by atoms with Crippen LogP contribution in [0.4, 0.5) is 0 Å². The van der Waals surface area contributed by atoms with E-state index in [2.05, 4.69) is 15.5 Å². The van der Waals surface area contributed by atoms with Crippen LogP contribution in [0.1, 0.15) is 106 Å². The van der Waals surface area contributed by atoms with Gasteiger partial charge in [-0.1, -0.05) is 62.3 Å². The molecule has 2 N–H and O–H groups in total. The summed E-state index contributed by atoms with van der Waals surface area (Å²) in [6.07, 6.45) is 16.7. The van der Waals surface area contributed by atoms with Crippen molar-refractivity contribution in [3.05, 3.63) is 23.9 Å². The Morgan fingerprint density at radius 3 is 2.71 bits per heavy atom. The van der Waals surface area contributed by atoms with Crippen molar-refractivity contribution in [3.8, 4) is 0 Å². The van der Waals surface area contributed by atoms with Crippen molar-refractivity contribution in [1.82, 2.24) is 15.5 Å². The van der Waals surface area contributed by atoms with Gasteiger partial charge in [-0.25, -0.2) is 0 Å². The molecular formula is C26H39N3O5. The van der Waals surface area contributed by atoms with E-state index < -0.39 is 11.9 Å². The molecule has 5 atom stereocenters. The van der Waals surface area contributed by atoms with Crippen LogP contribution in [0.5, 0.6) is 0 Å². The number of hydrogen-bond donors (Lipinski definition) is 2. The van der Waals surface area contributed by atoms with E-state index in [1.807, 2.05) is 19.1 Å². The predicted octanol–water partition coefficient (Wildman–Crippen LogP) is 4.87. The first-order valence-electron chi connectivity index (χ1n) is 13.2. The highest BCUT2D eigenvalue weighted by Gasteiger charge is 2.56. The lowest BCUT2D eigenvalue weighted by Gasteiger charge is -2.30. The highest BCUT2D eigenvalue weighted by Crippen LogP contribution is 2.52. The summed E-state index contributed by atoms with van der Waals surface area (Å²) in [5, 5.41) is 16.8. The summed E-state index contributed by atoms with van der Waals surface area (Å²) in [4.78, 5) is 29.1. The Bertz CT molecular complexity index is 847. The van der Waals surface area contributed by atoms with Gasteiger partial charge in [0.25, 0.3) is 11.7 Å². The molecule has 3 aliphatic rings. The molecule has 1 amide bonds. The van der Waals surface area contributed by atoms with Crippen LogP contribution in [0, 0.1) is 17.8 Å². The molecule has 1 aromatic rings. The van der Waals surface area contributed by atoms with Crippen LogP contribution in [0.25, 0.3) is 0 Å². The van der Waals surface area contributed by atoms with E-state index in [0.29, 0.717) is 25.3 Å². The van der Waals surface area contributed by atoms with E-state index in [1.54, 1.807) is 0 Å². The SMILES string of the molecule is CC=CCCC(C(=O)O)C1C2CCC(O2)C1c1nc(C(=O)NCCCCC2CCCCC2)no1. The second kappa shape index (κ2) is 12.0. The minimum Gasteiger partial charge on any atom is -0.481 e. The van der Waals surface area contributed by atoms with Crippen molar-refractivity contribution in [2.45, 2.75) is 102 Å². The summed E-state index contributed by atoms with van der Waals surface area (Å²) < 4.78 is 11.6. The fourth-order valence-corrected chi connectivity index (χ4v) is 6.25. The second-order valence-electron chi connectivity index (χ2n) is 10.2. The number of amides is 1. The van der Waals surface area contributed by atoms with Crippen molar-refractivity contribution in [3.63, 3.8) is 0 Å². The van der Waals surface area contributed by atoms with E-state index in [4.69, 9.17) is 9.26 Å². The van der Waals surface area contributed by atoms with Gasteiger partial charge in [-0.05, 0) is 44.9 Å². The standard InChI is InChI=1S/C26H39N3O5/c1-2-3-5-13-18(26(31)32)21-19-14-15-20(33-19)22(21)25-28-23(29-34-25)24(30)27-16-9-8-12-17-10-6-4-7-11-17/h2-3,17-22H,4-16H2,1H3,(H,27,30)(H,31,32). The number of aromatic nitrogens is 2. The van der Waals surface area contributed by atoms with Crippen molar-refractivity contribution < 1.29 is 24.0 Å². The number of aliphatic carboxylic acids is 1. The number of hydrogen-bond acceptors (Lipinski definition) is 6. The van der Waals surface area contributed by atoms with Crippen LogP contribution in [0.3, 0.4) is 0 Å². The van der Waals surface area contributed by atoms with Crippen molar-refractivity contribution >= 4 is 11.9 Å². The van der Waals surface area contributed by atoms with E-state index in [-0.39, 0.29) is 35.8 Å². The number of unbranched alkanes of at least 4 members (excludes halogenated alkanes) is 1. The summed E-state index contributed by atoms with van der Waals surface area (Å²) in [6.45, 7) is 2.53. The molecule has 4 rings (SSSR count). The van der Waals surface area contributed by atoms with Gasteiger partial charge in [-0.2, -0.15) is 4.98 Å². The maximum Gasteiger partial charge on any atom is 0.306 e. The number of carbonyl (C=O) groups is 2. The Kier molecular flexibility index (Phi) is 8.75. The topological polar surface area (TPSA) is 115 Å². The van der Waals surface area contributed by atoms with E-state index >= 15 is 0 Å². The second-order valence-corrected chi connectivity index (χ2v) is 10.2. The van der Waals surface area contributed by atoms with Gasteiger partial charge >= 0.3 is 5.97 Å². The number of carboxylic acids is 1. The molecule has 188 valence electrons. The Morgan fingerprint density at radius 2 is 1.94 bits per heavy atom. The highest BCUT2D eigenvalue weighted by atomic mass is 16.5. The van der Waals surface area contributed by atoms with Gasteiger partial charge in [0.05, 0.1) is 24.0 Å². The average molecular weight is 474 g/mol. The number of nitrogens with zero attached hydrogens (tertiary/aromatic N) is 2. The number of ether oxygens (including phenoxy) is 1. The quantitative estimate of drug-likeness (QED) is 0.329. The maximum atomic E-state index is 12.6. The number of fused-ring (bicyclic) bond motifs is 2. The smallest absolute Gasteiger partial charge is 0.306 e. The number of nitrogens with one attached hydrogen (secondary N) is 1. The molecule has 2 bridgehead atoms. The molecule has 0 radical (unpaired) electrons. The van der Waals surface area contributed by atoms with E-state index in [9.17, 15) is 14.7 Å². The first-order chi connectivity index (χ1) is 16.6. The highest BCUT2D eigenvalue weighted by molar-refractivity contribution is 5.90. The molecule has 34 heavy (non-hydrogen) atoms. The van der Waals surface area contributed by atoms with Gasteiger partial charge in [0.1, 0.15) is 0 Å². The average Bonchev–Trinajstić information content (AvgIpc) is 3.58. The van der Waals surface area contributed by atoms with Gasteiger partial charge in [0.2, 0.25) is 5.89 Å².